The maximum absolute atomic E-state index is 14.9. The number of carbonyl (C=O) groups excluding carboxylic acids is 2. The largest absolute Gasteiger partial charge is 0.471 e. The molecular formula is C27H38F2N4O5. The van der Waals surface area contributed by atoms with Crippen LogP contribution < -0.4 is 4.74 Å². The monoisotopic (exact) mass is 536 g/mol. The number of amides is 1. The van der Waals surface area contributed by atoms with Crippen molar-refractivity contribution >= 4 is 23.1 Å². The molecule has 2 heterocycles. The maximum atomic E-state index is 14.9. The Morgan fingerprint density at radius 2 is 1.66 bits per heavy atom. The van der Waals surface area contributed by atoms with Gasteiger partial charge in [0, 0.05) is 24.9 Å². The molecule has 0 N–H and O–H groups in total. The summed E-state index contributed by atoms with van der Waals surface area (Å²) in [6.45, 7) is 13.9. The van der Waals surface area contributed by atoms with Crippen LogP contribution in [0.2, 0.25) is 0 Å². The SMILES string of the molecule is CCC(F)(F)c1nc2ccccc2nc1O[C@@H]1C[C@@H](C(=O)ON(C(C)C)C(C)C)N(C(=O)OC(C)(C)C)C1. The lowest BCUT2D eigenvalue weighted by Gasteiger charge is -2.31. The van der Waals surface area contributed by atoms with Gasteiger partial charge in [0.25, 0.3) is 5.92 Å². The number of carbonyl (C=O) groups is 2. The van der Waals surface area contributed by atoms with Crippen molar-refractivity contribution in [1.82, 2.24) is 19.9 Å². The van der Waals surface area contributed by atoms with Gasteiger partial charge in [-0.25, -0.2) is 19.6 Å². The van der Waals surface area contributed by atoms with Crippen LogP contribution in [-0.2, 0) is 20.3 Å². The molecule has 9 nitrogen and oxygen atoms in total. The molecule has 38 heavy (non-hydrogen) atoms. The van der Waals surface area contributed by atoms with Crippen LogP contribution in [0, 0.1) is 0 Å². The Bertz CT molecular complexity index is 1140. The molecule has 0 radical (unpaired) electrons. The summed E-state index contributed by atoms with van der Waals surface area (Å²) >= 11 is 0. The number of benzene rings is 1. The Kier molecular flexibility index (Phi) is 8.80. The number of halogens is 2. The van der Waals surface area contributed by atoms with Crippen LogP contribution in [0.4, 0.5) is 13.6 Å². The van der Waals surface area contributed by atoms with Crippen LogP contribution in [-0.4, -0.2) is 68.4 Å². The van der Waals surface area contributed by atoms with E-state index in [2.05, 4.69) is 9.97 Å². The van der Waals surface area contributed by atoms with Gasteiger partial charge in [0.1, 0.15) is 17.7 Å². The third kappa shape index (κ3) is 6.86. The number of hydrogen-bond acceptors (Lipinski definition) is 8. The second-order valence-corrected chi connectivity index (χ2v) is 11.0. The maximum Gasteiger partial charge on any atom is 0.411 e. The second-order valence-electron chi connectivity index (χ2n) is 11.0. The van der Waals surface area contributed by atoms with Crippen LogP contribution in [0.1, 0.15) is 73.9 Å². The zero-order valence-corrected chi connectivity index (χ0v) is 23.3. The molecule has 0 unspecified atom stereocenters. The molecule has 1 amide bonds. The summed E-state index contributed by atoms with van der Waals surface area (Å²) < 4.78 is 41.3. The quantitative estimate of drug-likeness (QED) is 0.410. The van der Waals surface area contributed by atoms with E-state index in [-0.39, 0.29) is 30.9 Å². The van der Waals surface area contributed by atoms with Gasteiger partial charge >= 0.3 is 12.1 Å². The number of hydrogen-bond donors (Lipinski definition) is 0. The number of hydroxylamine groups is 2. The lowest BCUT2D eigenvalue weighted by Crippen LogP contribution is -2.47. The number of likely N-dealkylation sites (tertiary alicyclic amines) is 1. The number of rotatable bonds is 8. The number of alkyl halides is 2. The van der Waals surface area contributed by atoms with Crippen molar-refractivity contribution in [2.45, 2.75) is 104 Å². The first-order chi connectivity index (χ1) is 17.6. The minimum absolute atomic E-state index is 0.00769. The number of para-hydroxylation sites is 2. The van der Waals surface area contributed by atoms with Gasteiger partial charge in [0.15, 0.2) is 5.69 Å². The molecule has 2 aromatic rings. The van der Waals surface area contributed by atoms with Crippen LogP contribution in [0.5, 0.6) is 5.88 Å². The molecule has 0 bridgehead atoms. The Morgan fingerprint density at radius 1 is 1.08 bits per heavy atom. The highest BCUT2D eigenvalue weighted by atomic mass is 19.3. The van der Waals surface area contributed by atoms with Crippen molar-refractivity contribution in [1.29, 1.82) is 0 Å². The van der Waals surface area contributed by atoms with Gasteiger partial charge in [-0.2, -0.15) is 8.78 Å². The molecule has 0 saturated carbocycles. The number of ether oxygens (including phenoxy) is 2. The molecule has 1 aliphatic heterocycles. The van der Waals surface area contributed by atoms with Crippen LogP contribution in [0.3, 0.4) is 0 Å². The molecule has 1 aliphatic rings. The van der Waals surface area contributed by atoms with E-state index in [1.165, 1.54) is 11.8 Å². The Balaban J connectivity index is 1.94. The van der Waals surface area contributed by atoms with E-state index in [1.54, 1.807) is 50.1 Å². The summed E-state index contributed by atoms with van der Waals surface area (Å²) in [5.74, 6) is -4.28. The molecule has 3 rings (SSSR count). The first-order valence-corrected chi connectivity index (χ1v) is 12.9. The fourth-order valence-corrected chi connectivity index (χ4v) is 4.23. The van der Waals surface area contributed by atoms with Crippen molar-refractivity contribution in [2.75, 3.05) is 6.54 Å². The summed E-state index contributed by atoms with van der Waals surface area (Å²) in [6.07, 6.45) is -2.04. The lowest BCUT2D eigenvalue weighted by molar-refractivity contribution is -0.213. The van der Waals surface area contributed by atoms with Crippen molar-refractivity contribution in [3.8, 4) is 5.88 Å². The van der Waals surface area contributed by atoms with Crippen molar-refractivity contribution in [3.05, 3.63) is 30.0 Å². The number of aromatic nitrogens is 2. The molecule has 1 aromatic carbocycles. The van der Waals surface area contributed by atoms with E-state index >= 15 is 0 Å². The highest BCUT2D eigenvalue weighted by Gasteiger charge is 2.46. The standard InChI is InChI=1S/C27H38F2N4O5/c1-9-27(28,29)22-23(31-20-13-11-10-12-19(20)30-22)36-18-14-21(24(34)38-33(16(2)3)17(4)5)32(15-18)25(35)37-26(6,7)8/h10-13,16-18,21H,9,14-15H2,1-8H3/t18-,21+/m1/s1. The summed E-state index contributed by atoms with van der Waals surface area (Å²) in [6, 6.07) is 5.41. The van der Waals surface area contributed by atoms with Gasteiger partial charge in [0.2, 0.25) is 5.88 Å². The van der Waals surface area contributed by atoms with E-state index < -0.39 is 47.8 Å². The minimum Gasteiger partial charge on any atom is -0.471 e. The second kappa shape index (κ2) is 11.3. The minimum atomic E-state index is -3.29. The van der Waals surface area contributed by atoms with Gasteiger partial charge in [0.05, 0.1) is 17.6 Å². The molecule has 1 fully saturated rings. The summed E-state index contributed by atoms with van der Waals surface area (Å²) in [7, 11) is 0. The zero-order chi connectivity index (χ0) is 28.4. The average molecular weight is 537 g/mol. The summed E-state index contributed by atoms with van der Waals surface area (Å²) in [4.78, 5) is 41.7. The molecule has 2 atom stereocenters. The van der Waals surface area contributed by atoms with Gasteiger partial charge in [-0.3, -0.25) is 4.90 Å². The zero-order valence-electron chi connectivity index (χ0n) is 23.3. The van der Waals surface area contributed by atoms with E-state index in [0.29, 0.717) is 11.0 Å². The van der Waals surface area contributed by atoms with E-state index in [9.17, 15) is 18.4 Å². The van der Waals surface area contributed by atoms with E-state index in [0.717, 1.165) is 0 Å². The Hall–Kier alpha value is -3.08. The van der Waals surface area contributed by atoms with E-state index in [1.807, 2.05) is 27.7 Å². The van der Waals surface area contributed by atoms with Crippen molar-refractivity contribution in [3.63, 3.8) is 0 Å². The Morgan fingerprint density at radius 3 is 2.18 bits per heavy atom. The first kappa shape index (κ1) is 29.5. The van der Waals surface area contributed by atoms with E-state index in [4.69, 9.17) is 14.3 Å². The van der Waals surface area contributed by atoms with Gasteiger partial charge < -0.3 is 14.3 Å². The molecular weight excluding hydrogens is 498 g/mol. The third-order valence-corrected chi connectivity index (χ3v) is 5.98. The predicted octanol–water partition coefficient (Wildman–Crippen LogP) is 5.47. The molecule has 1 aromatic heterocycles. The molecule has 0 aliphatic carbocycles. The van der Waals surface area contributed by atoms with Crippen LogP contribution in [0.25, 0.3) is 11.0 Å². The topological polar surface area (TPSA) is 94.1 Å². The molecule has 0 spiro atoms. The van der Waals surface area contributed by atoms with Crippen molar-refractivity contribution in [2.24, 2.45) is 0 Å². The number of nitrogens with zero attached hydrogens (tertiary/aromatic N) is 4. The van der Waals surface area contributed by atoms with Gasteiger partial charge in [-0.15, -0.1) is 5.06 Å². The average Bonchev–Trinajstić information content (AvgIpc) is 3.24. The van der Waals surface area contributed by atoms with Gasteiger partial charge in [-0.1, -0.05) is 19.1 Å². The van der Waals surface area contributed by atoms with Crippen molar-refractivity contribution < 1.29 is 32.7 Å². The van der Waals surface area contributed by atoms with Crippen LogP contribution in [0.15, 0.2) is 24.3 Å². The fourth-order valence-electron chi connectivity index (χ4n) is 4.23. The van der Waals surface area contributed by atoms with Crippen LogP contribution >= 0.6 is 0 Å². The Labute approximate surface area is 222 Å². The smallest absolute Gasteiger partial charge is 0.411 e. The summed E-state index contributed by atoms with van der Waals surface area (Å²) in [5.41, 5.74) is -0.694. The fraction of sp³-hybridized carbons (Fsp3) is 0.630. The third-order valence-electron chi connectivity index (χ3n) is 5.98. The molecule has 1 saturated heterocycles. The molecule has 210 valence electrons. The predicted molar refractivity (Wildman–Crippen MR) is 138 cm³/mol. The summed E-state index contributed by atoms with van der Waals surface area (Å²) in [5, 5.41) is 1.54. The molecule has 11 heteroatoms. The van der Waals surface area contributed by atoms with Gasteiger partial charge in [-0.05, 0) is 60.6 Å². The normalized spacial score (nSPS) is 18.5. The highest BCUT2D eigenvalue weighted by molar-refractivity contribution is 5.82. The number of fused-ring (bicyclic) bond motifs is 1. The first-order valence-electron chi connectivity index (χ1n) is 12.9. The highest BCUT2D eigenvalue weighted by Crippen LogP contribution is 2.37. The lowest BCUT2D eigenvalue weighted by atomic mass is 10.1.